The van der Waals surface area contributed by atoms with Gasteiger partial charge in [-0.2, -0.15) is 0 Å². The Bertz CT molecular complexity index is 506. The lowest BCUT2D eigenvalue weighted by Crippen LogP contribution is -2.15. The number of nitrogens with zero attached hydrogens (tertiary/aromatic N) is 4. The van der Waals surface area contributed by atoms with E-state index in [-0.39, 0.29) is 11.7 Å². The molecule has 0 saturated heterocycles. The number of hydrogen-bond acceptors (Lipinski definition) is 4. The van der Waals surface area contributed by atoms with Gasteiger partial charge in [0.15, 0.2) is 0 Å². The largest absolute Gasteiger partial charge is 0.409 e. The van der Waals surface area contributed by atoms with E-state index in [0.717, 1.165) is 6.42 Å². The number of oxime groups is 1. The molecule has 1 heterocycles. The molecule has 0 aliphatic rings. The molecule has 0 fully saturated rings. The zero-order valence-corrected chi connectivity index (χ0v) is 9.19. The van der Waals surface area contributed by atoms with Gasteiger partial charge in [-0.15, -0.1) is 5.10 Å². The Morgan fingerprint density at radius 2 is 2.12 bits per heavy atom. The Hall–Kier alpha value is -2.37. The van der Waals surface area contributed by atoms with Gasteiger partial charge in [0.05, 0.1) is 0 Å². The van der Waals surface area contributed by atoms with Crippen LogP contribution in [0, 0.1) is 0 Å². The second kappa shape index (κ2) is 5.11. The van der Waals surface area contributed by atoms with Crippen LogP contribution in [0.2, 0.25) is 0 Å². The monoisotopic (exact) mass is 231 g/mol. The Kier molecular flexibility index (Phi) is 3.34. The molecule has 88 valence electrons. The SMILES string of the molecule is NC(=NO)c1ncn(CCc2ccccc2)n1. The second-order valence-corrected chi connectivity index (χ2v) is 3.55. The van der Waals surface area contributed by atoms with Gasteiger partial charge in [-0.3, -0.25) is 4.68 Å². The Labute approximate surface area is 98.4 Å². The molecule has 0 amide bonds. The first-order valence-corrected chi connectivity index (χ1v) is 5.21. The van der Waals surface area contributed by atoms with Crippen LogP contribution in [0.4, 0.5) is 0 Å². The minimum absolute atomic E-state index is 0.0801. The van der Waals surface area contributed by atoms with Crippen LogP contribution in [0.3, 0.4) is 0 Å². The van der Waals surface area contributed by atoms with Crippen molar-refractivity contribution in [3.8, 4) is 0 Å². The maximum Gasteiger partial charge on any atom is 0.219 e. The molecule has 6 heteroatoms. The quantitative estimate of drug-likeness (QED) is 0.349. The summed E-state index contributed by atoms with van der Waals surface area (Å²) in [6, 6.07) is 10.1. The highest BCUT2D eigenvalue weighted by Gasteiger charge is 2.05. The third-order valence-corrected chi connectivity index (χ3v) is 2.35. The van der Waals surface area contributed by atoms with Crippen molar-refractivity contribution in [1.29, 1.82) is 0 Å². The first-order valence-electron chi connectivity index (χ1n) is 5.21. The van der Waals surface area contributed by atoms with Crippen molar-refractivity contribution in [2.75, 3.05) is 0 Å². The molecular formula is C11H13N5O. The number of hydrogen-bond donors (Lipinski definition) is 2. The highest BCUT2D eigenvalue weighted by molar-refractivity contribution is 5.93. The van der Waals surface area contributed by atoms with Gasteiger partial charge in [-0.25, -0.2) is 4.98 Å². The molecule has 0 aliphatic carbocycles. The Balaban J connectivity index is 1.98. The van der Waals surface area contributed by atoms with Crippen molar-refractivity contribution in [3.63, 3.8) is 0 Å². The van der Waals surface area contributed by atoms with Crippen LogP contribution < -0.4 is 5.73 Å². The van der Waals surface area contributed by atoms with Crippen molar-refractivity contribution in [2.24, 2.45) is 10.9 Å². The van der Waals surface area contributed by atoms with Crippen LogP contribution in [0.5, 0.6) is 0 Å². The minimum Gasteiger partial charge on any atom is -0.409 e. The molecule has 0 saturated carbocycles. The van der Waals surface area contributed by atoms with Gasteiger partial charge < -0.3 is 10.9 Å². The van der Waals surface area contributed by atoms with Gasteiger partial charge in [-0.05, 0) is 12.0 Å². The van der Waals surface area contributed by atoms with Crippen molar-refractivity contribution < 1.29 is 5.21 Å². The fourth-order valence-corrected chi connectivity index (χ4v) is 1.45. The van der Waals surface area contributed by atoms with Crippen LogP contribution in [0.25, 0.3) is 0 Å². The summed E-state index contributed by atoms with van der Waals surface area (Å²) in [6.07, 6.45) is 2.43. The summed E-state index contributed by atoms with van der Waals surface area (Å²) in [5.41, 5.74) is 6.61. The lowest BCUT2D eigenvalue weighted by atomic mass is 10.2. The van der Waals surface area contributed by atoms with E-state index in [1.165, 1.54) is 5.56 Å². The van der Waals surface area contributed by atoms with Crippen LogP contribution in [0.15, 0.2) is 41.8 Å². The lowest BCUT2D eigenvalue weighted by Gasteiger charge is -2.00. The molecule has 1 aromatic heterocycles. The van der Waals surface area contributed by atoms with Crippen molar-refractivity contribution in [1.82, 2.24) is 14.8 Å². The van der Waals surface area contributed by atoms with Crippen LogP contribution in [-0.2, 0) is 13.0 Å². The highest BCUT2D eigenvalue weighted by atomic mass is 16.4. The van der Waals surface area contributed by atoms with E-state index >= 15 is 0 Å². The average molecular weight is 231 g/mol. The molecule has 0 atom stereocenters. The highest BCUT2D eigenvalue weighted by Crippen LogP contribution is 2.01. The van der Waals surface area contributed by atoms with Crippen LogP contribution in [0.1, 0.15) is 11.4 Å². The predicted molar refractivity (Wildman–Crippen MR) is 62.7 cm³/mol. The van der Waals surface area contributed by atoms with E-state index in [1.54, 1.807) is 11.0 Å². The molecule has 0 bridgehead atoms. The molecule has 0 unspecified atom stereocenters. The van der Waals surface area contributed by atoms with E-state index in [1.807, 2.05) is 18.2 Å². The number of aryl methyl sites for hydroxylation is 2. The lowest BCUT2D eigenvalue weighted by molar-refractivity contribution is 0.318. The fraction of sp³-hybridized carbons (Fsp3) is 0.182. The minimum atomic E-state index is -0.0801. The zero-order valence-electron chi connectivity index (χ0n) is 9.19. The van der Waals surface area contributed by atoms with Gasteiger partial charge >= 0.3 is 0 Å². The molecule has 0 aliphatic heterocycles. The van der Waals surface area contributed by atoms with Gasteiger partial charge in [0.25, 0.3) is 0 Å². The predicted octanol–water partition coefficient (Wildman–Crippen LogP) is 0.615. The van der Waals surface area contributed by atoms with Gasteiger partial charge in [0, 0.05) is 6.54 Å². The molecular weight excluding hydrogens is 218 g/mol. The van der Waals surface area contributed by atoms with Gasteiger partial charge in [0.2, 0.25) is 11.7 Å². The summed E-state index contributed by atoms with van der Waals surface area (Å²) in [4.78, 5) is 3.94. The maximum atomic E-state index is 8.48. The smallest absolute Gasteiger partial charge is 0.219 e. The summed E-state index contributed by atoms with van der Waals surface area (Å²) in [6.45, 7) is 0.704. The molecule has 3 N–H and O–H groups in total. The van der Waals surface area contributed by atoms with Crippen molar-refractivity contribution in [2.45, 2.75) is 13.0 Å². The van der Waals surface area contributed by atoms with E-state index in [2.05, 4.69) is 27.4 Å². The number of rotatable bonds is 4. The Morgan fingerprint density at radius 1 is 1.35 bits per heavy atom. The van der Waals surface area contributed by atoms with Crippen molar-refractivity contribution >= 4 is 5.84 Å². The topological polar surface area (TPSA) is 89.3 Å². The maximum absolute atomic E-state index is 8.48. The van der Waals surface area contributed by atoms with Crippen molar-refractivity contribution in [3.05, 3.63) is 48.0 Å². The van der Waals surface area contributed by atoms with E-state index in [0.29, 0.717) is 6.54 Å². The van der Waals surface area contributed by atoms with Crippen LogP contribution in [-0.4, -0.2) is 25.8 Å². The number of aromatic nitrogens is 3. The van der Waals surface area contributed by atoms with E-state index in [4.69, 9.17) is 10.9 Å². The molecule has 0 spiro atoms. The third-order valence-electron chi connectivity index (χ3n) is 2.35. The summed E-state index contributed by atoms with van der Waals surface area (Å²) < 4.78 is 1.67. The number of nitrogens with two attached hydrogens (primary N) is 1. The van der Waals surface area contributed by atoms with E-state index < -0.39 is 0 Å². The molecule has 6 nitrogen and oxygen atoms in total. The van der Waals surface area contributed by atoms with Gasteiger partial charge in [0.1, 0.15) is 6.33 Å². The number of benzene rings is 1. The standard InChI is InChI=1S/C11H13N5O/c12-10(15-17)11-13-8-16(14-11)7-6-9-4-2-1-3-5-9/h1-5,8,17H,6-7H2,(H2,12,15). The number of amidine groups is 1. The molecule has 17 heavy (non-hydrogen) atoms. The van der Waals surface area contributed by atoms with Crippen LogP contribution >= 0.6 is 0 Å². The van der Waals surface area contributed by atoms with Gasteiger partial charge in [-0.1, -0.05) is 35.5 Å². The summed E-state index contributed by atoms with van der Waals surface area (Å²) in [7, 11) is 0. The first-order chi connectivity index (χ1) is 8.29. The third kappa shape index (κ3) is 2.81. The summed E-state index contributed by atoms with van der Waals surface area (Å²) in [5.74, 6) is 0.157. The average Bonchev–Trinajstić information content (AvgIpc) is 2.85. The zero-order chi connectivity index (χ0) is 12.1. The fourth-order valence-electron chi connectivity index (χ4n) is 1.45. The molecule has 2 rings (SSSR count). The second-order valence-electron chi connectivity index (χ2n) is 3.55. The molecule has 0 radical (unpaired) electrons. The molecule has 1 aromatic carbocycles. The van der Waals surface area contributed by atoms with E-state index in [9.17, 15) is 0 Å². The first kappa shape index (κ1) is 11.1. The summed E-state index contributed by atoms with van der Waals surface area (Å²) in [5, 5.41) is 15.4. The Morgan fingerprint density at radius 3 is 2.82 bits per heavy atom. The molecule has 2 aromatic rings. The summed E-state index contributed by atoms with van der Waals surface area (Å²) >= 11 is 0. The normalized spacial score (nSPS) is 11.6.